The zero-order valence-corrected chi connectivity index (χ0v) is 7.76. The zero-order valence-electron chi connectivity index (χ0n) is 7.76. The number of hydrogen-bond donors (Lipinski definition) is 1. The second kappa shape index (κ2) is 4.95. The van der Waals surface area contributed by atoms with Gasteiger partial charge in [-0.05, 0) is 12.8 Å². The first-order valence-electron chi connectivity index (χ1n) is 4.58. The third kappa shape index (κ3) is 4.78. The molecule has 1 heterocycles. The Morgan fingerprint density at radius 1 is 1.29 bits per heavy atom. The molecule has 3 nitrogen and oxygen atoms in total. The maximum atomic E-state index is 11.6. The summed E-state index contributed by atoms with van der Waals surface area (Å²) in [7, 11) is 0. The second-order valence-corrected chi connectivity index (χ2v) is 3.37. The summed E-state index contributed by atoms with van der Waals surface area (Å²) in [6.45, 7) is 1.22. The smallest absolute Gasteiger partial charge is 0.393 e. The van der Waals surface area contributed by atoms with E-state index < -0.39 is 6.36 Å². The van der Waals surface area contributed by atoms with E-state index in [0.717, 1.165) is 0 Å². The topological polar surface area (TPSA) is 32.7 Å². The first-order valence-corrected chi connectivity index (χ1v) is 4.58. The molecule has 0 aliphatic carbocycles. The monoisotopic (exact) mass is 213 g/mol. The first-order chi connectivity index (χ1) is 6.47. The number of aliphatic hydroxyl groups is 1. The van der Waals surface area contributed by atoms with Crippen molar-refractivity contribution in [1.82, 2.24) is 4.90 Å². The number of likely N-dealkylation sites (tertiary alicyclic amines) is 1. The van der Waals surface area contributed by atoms with E-state index in [2.05, 4.69) is 4.74 Å². The fourth-order valence-corrected chi connectivity index (χ4v) is 1.43. The van der Waals surface area contributed by atoms with Gasteiger partial charge < -0.3 is 10.0 Å². The van der Waals surface area contributed by atoms with Crippen molar-refractivity contribution >= 4 is 0 Å². The minimum atomic E-state index is -4.53. The van der Waals surface area contributed by atoms with Gasteiger partial charge in [0.2, 0.25) is 0 Å². The Balaban J connectivity index is 2.08. The summed E-state index contributed by atoms with van der Waals surface area (Å²) in [5.74, 6) is 0. The summed E-state index contributed by atoms with van der Waals surface area (Å²) in [4.78, 5) is 1.86. The number of halogens is 3. The van der Waals surface area contributed by atoms with Gasteiger partial charge in [0, 0.05) is 19.6 Å². The largest absolute Gasteiger partial charge is 0.522 e. The highest BCUT2D eigenvalue weighted by Gasteiger charge is 2.29. The number of rotatable bonds is 3. The molecule has 84 valence electrons. The third-order valence-corrected chi connectivity index (χ3v) is 2.23. The summed E-state index contributed by atoms with van der Waals surface area (Å²) in [5.41, 5.74) is 0. The predicted octanol–water partition coefficient (Wildman–Crippen LogP) is 0.980. The molecule has 0 bridgehead atoms. The summed E-state index contributed by atoms with van der Waals surface area (Å²) in [5, 5.41) is 9.14. The number of alkyl halides is 3. The summed E-state index contributed by atoms with van der Waals surface area (Å²) >= 11 is 0. The van der Waals surface area contributed by atoms with Crippen molar-refractivity contribution in [3.05, 3.63) is 0 Å². The van der Waals surface area contributed by atoms with Crippen molar-refractivity contribution < 1.29 is 23.0 Å². The van der Waals surface area contributed by atoms with Crippen molar-refractivity contribution in [2.75, 3.05) is 26.2 Å². The highest BCUT2D eigenvalue weighted by Crippen LogP contribution is 2.16. The highest BCUT2D eigenvalue weighted by molar-refractivity contribution is 4.70. The second-order valence-electron chi connectivity index (χ2n) is 3.37. The van der Waals surface area contributed by atoms with Crippen molar-refractivity contribution in [1.29, 1.82) is 0 Å². The molecule has 1 aliphatic rings. The molecule has 14 heavy (non-hydrogen) atoms. The molecule has 6 heteroatoms. The van der Waals surface area contributed by atoms with Crippen LogP contribution < -0.4 is 0 Å². The Morgan fingerprint density at radius 2 is 1.86 bits per heavy atom. The van der Waals surface area contributed by atoms with Crippen molar-refractivity contribution in [2.24, 2.45) is 0 Å². The quantitative estimate of drug-likeness (QED) is 0.758. The van der Waals surface area contributed by atoms with Gasteiger partial charge in [-0.3, -0.25) is 4.74 Å². The fraction of sp³-hybridized carbons (Fsp3) is 1.00. The van der Waals surface area contributed by atoms with Crippen LogP contribution in [-0.4, -0.2) is 48.7 Å². The van der Waals surface area contributed by atoms with E-state index in [4.69, 9.17) is 5.11 Å². The lowest BCUT2D eigenvalue weighted by molar-refractivity contribution is -0.325. The van der Waals surface area contributed by atoms with Crippen LogP contribution in [0, 0.1) is 0 Å². The molecular formula is C8H14F3NO2. The van der Waals surface area contributed by atoms with Crippen LogP contribution in [0.2, 0.25) is 0 Å². The van der Waals surface area contributed by atoms with E-state index >= 15 is 0 Å². The van der Waals surface area contributed by atoms with Crippen LogP contribution in [0.5, 0.6) is 0 Å². The number of nitrogens with zero attached hydrogens (tertiary/aromatic N) is 1. The Bertz CT molecular complexity index is 166. The van der Waals surface area contributed by atoms with Gasteiger partial charge in [-0.25, -0.2) is 0 Å². The van der Waals surface area contributed by atoms with Gasteiger partial charge >= 0.3 is 6.36 Å². The van der Waals surface area contributed by atoms with Crippen molar-refractivity contribution in [2.45, 2.75) is 25.3 Å². The molecular weight excluding hydrogens is 199 g/mol. The van der Waals surface area contributed by atoms with Crippen LogP contribution in [0.3, 0.4) is 0 Å². The Kier molecular flexibility index (Phi) is 4.15. The van der Waals surface area contributed by atoms with Crippen LogP contribution in [0.1, 0.15) is 12.8 Å². The molecule has 1 saturated heterocycles. The van der Waals surface area contributed by atoms with Crippen molar-refractivity contribution in [3.63, 3.8) is 0 Å². The molecule has 0 aromatic rings. The molecule has 0 atom stereocenters. The van der Waals surface area contributed by atoms with E-state index in [0.29, 0.717) is 25.9 Å². The molecule has 0 amide bonds. The number of piperidine rings is 1. The standard InChI is InChI=1S/C8H14F3NO2/c9-8(10,11)14-6-5-12-3-1-7(13)2-4-12/h7,13H,1-6H2. The van der Waals surface area contributed by atoms with Crippen LogP contribution in [0.25, 0.3) is 0 Å². The SMILES string of the molecule is OC1CCN(CCOC(F)(F)F)CC1. The molecule has 0 saturated carbocycles. The molecule has 0 unspecified atom stereocenters. The Labute approximate surface area is 80.5 Å². The Hall–Kier alpha value is -0.330. The van der Waals surface area contributed by atoms with Gasteiger partial charge in [-0.1, -0.05) is 0 Å². The number of hydrogen-bond acceptors (Lipinski definition) is 3. The summed E-state index contributed by atoms with van der Waals surface area (Å²) in [6, 6.07) is 0. The van der Waals surface area contributed by atoms with Crippen LogP contribution >= 0.6 is 0 Å². The number of aliphatic hydroxyl groups excluding tert-OH is 1. The normalized spacial score (nSPS) is 21.4. The van der Waals surface area contributed by atoms with Gasteiger partial charge in [0.25, 0.3) is 0 Å². The van der Waals surface area contributed by atoms with E-state index in [9.17, 15) is 13.2 Å². The Morgan fingerprint density at radius 3 is 2.36 bits per heavy atom. The molecule has 0 aromatic heterocycles. The van der Waals surface area contributed by atoms with Crippen LogP contribution in [0.4, 0.5) is 13.2 Å². The summed E-state index contributed by atoms with van der Waals surface area (Å²) < 4.78 is 38.4. The zero-order chi connectivity index (χ0) is 10.6. The van der Waals surface area contributed by atoms with E-state index in [1.807, 2.05) is 4.90 Å². The van der Waals surface area contributed by atoms with Gasteiger partial charge in [0.05, 0.1) is 12.7 Å². The van der Waals surface area contributed by atoms with Gasteiger partial charge in [-0.2, -0.15) is 0 Å². The van der Waals surface area contributed by atoms with Gasteiger partial charge in [-0.15, -0.1) is 13.2 Å². The third-order valence-electron chi connectivity index (χ3n) is 2.23. The molecule has 0 radical (unpaired) electrons. The van der Waals surface area contributed by atoms with Crippen LogP contribution in [-0.2, 0) is 4.74 Å². The fourth-order valence-electron chi connectivity index (χ4n) is 1.43. The molecule has 1 rings (SSSR count). The van der Waals surface area contributed by atoms with E-state index in [1.54, 1.807) is 0 Å². The minimum absolute atomic E-state index is 0.270. The lowest BCUT2D eigenvalue weighted by atomic mass is 10.1. The van der Waals surface area contributed by atoms with Crippen LogP contribution in [0.15, 0.2) is 0 Å². The van der Waals surface area contributed by atoms with Gasteiger partial charge in [0.1, 0.15) is 0 Å². The lowest BCUT2D eigenvalue weighted by Gasteiger charge is -2.29. The van der Waals surface area contributed by atoms with E-state index in [1.165, 1.54) is 0 Å². The lowest BCUT2D eigenvalue weighted by Crippen LogP contribution is -2.38. The highest BCUT2D eigenvalue weighted by atomic mass is 19.4. The molecule has 1 fully saturated rings. The average molecular weight is 213 g/mol. The van der Waals surface area contributed by atoms with Gasteiger partial charge in [0.15, 0.2) is 0 Å². The molecule has 0 aromatic carbocycles. The van der Waals surface area contributed by atoms with Crippen molar-refractivity contribution in [3.8, 4) is 0 Å². The molecule has 1 aliphatic heterocycles. The molecule has 1 N–H and O–H groups in total. The molecule has 0 spiro atoms. The summed E-state index contributed by atoms with van der Waals surface area (Å²) in [6.07, 6.45) is -3.57. The predicted molar refractivity (Wildman–Crippen MR) is 43.7 cm³/mol. The maximum absolute atomic E-state index is 11.6. The minimum Gasteiger partial charge on any atom is -0.393 e. The number of ether oxygens (including phenoxy) is 1. The van der Waals surface area contributed by atoms with E-state index in [-0.39, 0.29) is 19.3 Å². The first kappa shape index (κ1) is 11.7. The average Bonchev–Trinajstić information content (AvgIpc) is 2.06. The maximum Gasteiger partial charge on any atom is 0.522 e.